The SMILES string of the molecule is Nc1ccc(C(=O)O)c(S(=O)[O-])c1. The molecule has 0 aromatic heterocycles. The van der Waals surface area contributed by atoms with E-state index in [4.69, 9.17) is 10.8 Å². The molecular formula is C7H6NO4S-. The highest BCUT2D eigenvalue weighted by Crippen LogP contribution is 2.16. The largest absolute Gasteiger partial charge is 0.768 e. The lowest BCUT2D eigenvalue weighted by atomic mass is 10.2. The van der Waals surface area contributed by atoms with Crippen molar-refractivity contribution < 1.29 is 18.7 Å². The van der Waals surface area contributed by atoms with Crippen LogP contribution in [-0.4, -0.2) is 19.8 Å². The first-order valence-electron chi connectivity index (χ1n) is 3.24. The Morgan fingerprint density at radius 1 is 1.54 bits per heavy atom. The first kappa shape index (κ1) is 9.69. The Labute approximate surface area is 76.5 Å². The van der Waals surface area contributed by atoms with Crippen molar-refractivity contribution in [1.82, 2.24) is 0 Å². The zero-order valence-electron chi connectivity index (χ0n) is 6.39. The molecule has 0 heterocycles. The summed E-state index contributed by atoms with van der Waals surface area (Å²) in [5, 5.41) is 8.59. The fourth-order valence-electron chi connectivity index (χ4n) is 0.854. The van der Waals surface area contributed by atoms with Crippen LogP contribution in [0.1, 0.15) is 10.4 Å². The number of nitrogens with two attached hydrogens (primary N) is 1. The molecule has 0 spiro atoms. The molecule has 0 aliphatic heterocycles. The van der Waals surface area contributed by atoms with Crippen molar-refractivity contribution in [3.63, 3.8) is 0 Å². The third-order valence-corrected chi connectivity index (χ3v) is 2.11. The number of hydrogen-bond donors (Lipinski definition) is 2. The van der Waals surface area contributed by atoms with E-state index in [-0.39, 0.29) is 16.1 Å². The summed E-state index contributed by atoms with van der Waals surface area (Å²) in [6, 6.07) is 3.59. The first-order valence-corrected chi connectivity index (χ1v) is 4.32. The van der Waals surface area contributed by atoms with E-state index in [0.29, 0.717) is 0 Å². The van der Waals surface area contributed by atoms with Gasteiger partial charge >= 0.3 is 5.97 Å². The summed E-state index contributed by atoms with van der Waals surface area (Å²) in [6.07, 6.45) is 0. The average Bonchev–Trinajstić information content (AvgIpc) is 2.03. The average molecular weight is 200 g/mol. The Bertz CT molecular complexity index is 377. The maximum absolute atomic E-state index is 10.6. The van der Waals surface area contributed by atoms with Crippen LogP contribution in [0.5, 0.6) is 0 Å². The zero-order valence-corrected chi connectivity index (χ0v) is 7.21. The van der Waals surface area contributed by atoms with E-state index in [1.165, 1.54) is 6.07 Å². The molecule has 0 radical (unpaired) electrons. The van der Waals surface area contributed by atoms with Gasteiger partial charge in [-0.15, -0.1) is 0 Å². The molecule has 70 valence electrons. The van der Waals surface area contributed by atoms with Crippen LogP contribution in [0.4, 0.5) is 5.69 Å². The second-order valence-electron chi connectivity index (χ2n) is 2.30. The van der Waals surface area contributed by atoms with E-state index in [1.54, 1.807) is 0 Å². The number of carboxylic acids is 1. The van der Waals surface area contributed by atoms with Gasteiger partial charge in [0.1, 0.15) is 0 Å². The Balaban J connectivity index is 3.35. The van der Waals surface area contributed by atoms with E-state index in [2.05, 4.69) is 0 Å². The van der Waals surface area contributed by atoms with Gasteiger partial charge in [0.05, 0.1) is 5.56 Å². The molecule has 0 amide bonds. The number of carbonyl (C=O) groups is 1. The van der Waals surface area contributed by atoms with Gasteiger partial charge in [-0.05, 0) is 29.3 Å². The van der Waals surface area contributed by atoms with E-state index in [0.717, 1.165) is 12.1 Å². The predicted octanol–water partition coefficient (Wildman–Crippen LogP) is 0.205. The molecule has 1 unspecified atom stereocenters. The summed E-state index contributed by atoms with van der Waals surface area (Å²) in [7, 11) is 0. The minimum absolute atomic E-state index is 0.212. The van der Waals surface area contributed by atoms with Gasteiger partial charge in [-0.2, -0.15) is 0 Å². The van der Waals surface area contributed by atoms with Crippen molar-refractivity contribution in [3.05, 3.63) is 23.8 Å². The lowest BCUT2D eigenvalue weighted by Crippen LogP contribution is -2.04. The van der Waals surface area contributed by atoms with Gasteiger partial charge in [-0.3, -0.25) is 4.21 Å². The van der Waals surface area contributed by atoms with E-state index < -0.39 is 17.0 Å². The summed E-state index contributed by atoms with van der Waals surface area (Å²) in [6.45, 7) is 0. The second kappa shape index (κ2) is 3.55. The highest BCUT2D eigenvalue weighted by atomic mass is 32.2. The van der Waals surface area contributed by atoms with Gasteiger partial charge in [0.2, 0.25) is 0 Å². The normalized spacial score (nSPS) is 12.4. The highest BCUT2D eigenvalue weighted by molar-refractivity contribution is 7.79. The Hall–Kier alpha value is -1.40. The molecule has 0 aliphatic carbocycles. The number of hydrogen-bond acceptors (Lipinski definition) is 4. The first-order chi connectivity index (χ1) is 6.02. The van der Waals surface area contributed by atoms with Crippen LogP contribution < -0.4 is 5.73 Å². The molecule has 1 aromatic carbocycles. The number of aromatic carboxylic acids is 1. The van der Waals surface area contributed by atoms with E-state index in [1.807, 2.05) is 0 Å². The summed E-state index contributed by atoms with van der Waals surface area (Å²) in [5.74, 6) is -1.29. The number of nitrogen functional groups attached to an aromatic ring is 1. The predicted molar refractivity (Wildman–Crippen MR) is 45.0 cm³/mol. The molecule has 0 fully saturated rings. The van der Waals surface area contributed by atoms with Crippen LogP contribution >= 0.6 is 0 Å². The summed E-state index contributed by atoms with van der Waals surface area (Å²) in [5.41, 5.74) is 5.24. The molecule has 1 atom stereocenters. The number of benzene rings is 1. The minimum Gasteiger partial charge on any atom is -0.768 e. The van der Waals surface area contributed by atoms with Gasteiger partial charge in [0.15, 0.2) is 0 Å². The monoisotopic (exact) mass is 200 g/mol. The molecule has 6 heteroatoms. The zero-order chi connectivity index (χ0) is 10.0. The lowest BCUT2D eigenvalue weighted by molar-refractivity contribution is 0.0692. The van der Waals surface area contributed by atoms with Crippen LogP contribution in [-0.2, 0) is 11.1 Å². The molecule has 0 bridgehead atoms. The molecule has 3 N–H and O–H groups in total. The minimum atomic E-state index is -2.58. The van der Waals surface area contributed by atoms with Gasteiger partial charge in [0.25, 0.3) is 0 Å². The molecule has 1 aromatic rings. The molecule has 0 saturated heterocycles. The van der Waals surface area contributed by atoms with Crippen LogP contribution in [0.3, 0.4) is 0 Å². The van der Waals surface area contributed by atoms with Gasteiger partial charge < -0.3 is 15.4 Å². The maximum Gasteiger partial charge on any atom is 0.336 e. The standard InChI is InChI=1S/C7H7NO4S/c8-4-1-2-5(7(9)10)6(3-4)13(11)12/h1-3H,8H2,(H,9,10)(H,11,12)/p-1. The van der Waals surface area contributed by atoms with Crippen LogP contribution in [0.2, 0.25) is 0 Å². The third kappa shape index (κ3) is 2.04. The summed E-state index contributed by atoms with van der Waals surface area (Å²) >= 11 is -2.58. The van der Waals surface area contributed by atoms with Crippen LogP contribution in [0.25, 0.3) is 0 Å². The van der Waals surface area contributed by atoms with Crippen molar-refractivity contribution in [2.75, 3.05) is 5.73 Å². The van der Waals surface area contributed by atoms with E-state index in [9.17, 15) is 13.6 Å². The van der Waals surface area contributed by atoms with Gasteiger partial charge in [-0.25, -0.2) is 4.79 Å². The number of carboxylic acid groups (broad SMARTS) is 1. The molecular weight excluding hydrogens is 194 g/mol. The van der Waals surface area contributed by atoms with Crippen LogP contribution in [0, 0.1) is 0 Å². The van der Waals surface area contributed by atoms with Crippen molar-refractivity contribution in [3.8, 4) is 0 Å². The van der Waals surface area contributed by atoms with Crippen molar-refractivity contribution in [1.29, 1.82) is 0 Å². The van der Waals surface area contributed by atoms with E-state index >= 15 is 0 Å². The van der Waals surface area contributed by atoms with Crippen molar-refractivity contribution >= 4 is 22.7 Å². The van der Waals surface area contributed by atoms with Gasteiger partial charge in [-0.1, -0.05) is 0 Å². The summed E-state index contributed by atoms with van der Waals surface area (Å²) < 4.78 is 21.1. The van der Waals surface area contributed by atoms with Gasteiger partial charge in [0, 0.05) is 10.6 Å². The Kier molecular flexibility index (Phi) is 2.64. The smallest absolute Gasteiger partial charge is 0.336 e. The summed E-state index contributed by atoms with van der Waals surface area (Å²) in [4.78, 5) is 10.2. The quantitative estimate of drug-likeness (QED) is 0.524. The molecule has 0 aliphatic rings. The fourth-order valence-corrected chi connectivity index (χ4v) is 1.42. The third-order valence-electron chi connectivity index (χ3n) is 1.42. The second-order valence-corrected chi connectivity index (χ2v) is 3.20. The number of rotatable bonds is 2. The van der Waals surface area contributed by atoms with Crippen molar-refractivity contribution in [2.24, 2.45) is 0 Å². The maximum atomic E-state index is 10.6. The molecule has 1 rings (SSSR count). The Morgan fingerprint density at radius 2 is 2.15 bits per heavy atom. The fraction of sp³-hybridized carbons (Fsp3) is 0. The number of anilines is 1. The topological polar surface area (TPSA) is 103 Å². The molecule has 5 nitrogen and oxygen atoms in total. The Morgan fingerprint density at radius 3 is 2.62 bits per heavy atom. The van der Waals surface area contributed by atoms with Crippen LogP contribution in [0.15, 0.2) is 23.1 Å². The lowest BCUT2D eigenvalue weighted by Gasteiger charge is -2.09. The highest BCUT2D eigenvalue weighted by Gasteiger charge is 2.10. The molecule has 13 heavy (non-hydrogen) atoms. The molecule has 0 saturated carbocycles. The van der Waals surface area contributed by atoms with Crippen molar-refractivity contribution in [2.45, 2.75) is 4.90 Å².